The number of para-hydroxylation sites is 1. The zero-order chi connectivity index (χ0) is 29.8. The smallest absolute Gasteiger partial charge is 0.324 e. The van der Waals surface area contributed by atoms with Gasteiger partial charge in [-0.3, -0.25) is 23.7 Å². The van der Waals surface area contributed by atoms with E-state index in [2.05, 4.69) is 5.32 Å². The van der Waals surface area contributed by atoms with Gasteiger partial charge in [-0.05, 0) is 42.0 Å². The molecule has 0 radical (unpaired) electrons. The van der Waals surface area contributed by atoms with Crippen molar-refractivity contribution in [3.8, 4) is 0 Å². The van der Waals surface area contributed by atoms with E-state index in [0.717, 1.165) is 56.8 Å². The maximum atomic E-state index is 13.8. The van der Waals surface area contributed by atoms with Crippen LogP contribution in [0.25, 0.3) is 0 Å². The van der Waals surface area contributed by atoms with Gasteiger partial charge in [-0.1, -0.05) is 65.6 Å². The number of thiazole rings is 1. The third-order valence-corrected chi connectivity index (χ3v) is 9.70. The Bertz CT molecular complexity index is 1770. The summed E-state index contributed by atoms with van der Waals surface area (Å²) < 4.78 is 55.0. The Morgan fingerprint density at radius 1 is 0.881 bits per heavy atom. The minimum atomic E-state index is -4.71. The second kappa shape index (κ2) is 10.6. The zero-order valence-electron chi connectivity index (χ0n) is 21.3. The number of fused-ring (bicyclic) bond motifs is 2. The van der Waals surface area contributed by atoms with E-state index in [1.54, 1.807) is 30.3 Å². The van der Waals surface area contributed by atoms with Crippen LogP contribution < -0.4 is 15.1 Å². The number of nitrogens with one attached hydrogen (secondary N) is 1. The lowest BCUT2D eigenvalue weighted by atomic mass is 9.83. The maximum Gasteiger partial charge on any atom is 0.418 e. The Labute approximate surface area is 243 Å². The highest BCUT2D eigenvalue weighted by atomic mass is 32.2. The molecule has 0 spiro atoms. The quantitative estimate of drug-likeness (QED) is 0.237. The highest BCUT2D eigenvalue weighted by Gasteiger charge is 2.56. The first-order valence-electron chi connectivity index (χ1n) is 12.6. The first-order chi connectivity index (χ1) is 20.0. The lowest BCUT2D eigenvalue weighted by Crippen LogP contribution is -2.33. The van der Waals surface area contributed by atoms with Gasteiger partial charge in [0, 0.05) is 10.8 Å². The molecule has 6 rings (SSSR count). The fraction of sp³-hybridized carbons (Fsp3) is 0.172. The monoisotopic (exact) mass is 613 g/mol. The van der Waals surface area contributed by atoms with Crippen molar-refractivity contribution in [1.82, 2.24) is 4.57 Å². The Hall–Kier alpha value is -4.23. The molecule has 3 atom stereocenters. The Morgan fingerprint density at radius 2 is 1.55 bits per heavy atom. The number of hydrogen-bond donors (Lipinski definition) is 1. The number of carbonyl (C=O) groups is 3. The molecule has 3 amide bonds. The standard InChI is InChI=1S/C29H19F4N3O4S2/c30-16-10-12-17(13-11-16)36-25(38)22-21(15-6-2-1-3-7-15)24-27(41-23(22)26(36)39)35(28(40)42-24)14-20(37)34-19-9-5-4-8-18(19)29(31,32)33/h1-13,21-23H,14H2,(H,34,37)/t21-,22-,23+/m0/s1. The number of imide groups is 1. The maximum absolute atomic E-state index is 13.8. The molecule has 214 valence electrons. The number of carbonyl (C=O) groups excluding carboxylic acids is 3. The van der Waals surface area contributed by atoms with Crippen molar-refractivity contribution >= 4 is 52.2 Å². The van der Waals surface area contributed by atoms with Crippen molar-refractivity contribution in [2.24, 2.45) is 5.92 Å². The third-order valence-electron chi connectivity index (χ3n) is 7.10. The molecule has 1 N–H and O–H groups in total. The Morgan fingerprint density at radius 3 is 2.24 bits per heavy atom. The Kier molecular flexibility index (Phi) is 7.01. The van der Waals surface area contributed by atoms with Crippen molar-refractivity contribution in [2.75, 3.05) is 10.2 Å². The van der Waals surface area contributed by atoms with Gasteiger partial charge in [-0.2, -0.15) is 13.2 Å². The number of rotatable bonds is 5. The highest BCUT2D eigenvalue weighted by molar-refractivity contribution is 8.00. The van der Waals surface area contributed by atoms with Gasteiger partial charge in [0.2, 0.25) is 17.7 Å². The van der Waals surface area contributed by atoms with Gasteiger partial charge in [0.25, 0.3) is 0 Å². The summed E-state index contributed by atoms with van der Waals surface area (Å²) in [6, 6.07) is 18.3. The molecule has 7 nitrogen and oxygen atoms in total. The first kappa shape index (κ1) is 27.9. The van der Waals surface area contributed by atoms with E-state index < -0.39 is 69.5 Å². The van der Waals surface area contributed by atoms with E-state index in [4.69, 9.17) is 0 Å². The van der Waals surface area contributed by atoms with Crippen LogP contribution in [0.5, 0.6) is 0 Å². The largest absolute Gasteiger partial charge is 0.418 e. The molecule has 0 saturated carbocycles. The second-order valence-electron chi connectivity index (χ2n) is 9.66. The molecule has 1 fully saturated rings. The molecule has 42 heavy (non-hydrogen) atoms. The summed E-state index contributed by atoms with van der Waals surface area (Å²) in [4.78, 5) is 54.5. The number of halogens is 4. The van der Waals surface area contributed by atoms with Crippen LogP contribution in [0.3, 0.4) is 0 Å². The molecule has 13 heteroatoms. The summed E-state index contributed by atoms with van der Waals surface area (Å²) in [7, 11) is 0. The molecule has 0 aliphatic carbocycles. The lowest BCUT2D eigenvalue weighted by Gasteiger charge is -2.30. The van der Waals surface area contributed by atoms with E-state index >= 15 is 0 Å². The number of nitrogens with zero attached hydrogens (tertiary/aromatic N) is 2. The zero-order valence-corrected chi connectivity index (χ0v) is 22.9. The third kappa shape index (κ3) is 4.81. The molecule has 0 unspecified atom stereocenters. The van der Waals surface area contributed by atoms with Crippen LogP contribution in [-0.4, -0.2) is 27.5 Å². The summed E-state index contributed by atoms with van der Waals surface area (Å²) in [6.07, 6.45) is -4.71. The number of hydrogen-bond acceptors (Lipinski definition) is 6. The summed E-state index contributed by atoms with van der Waals surface area (Å²) in [6.45, 7) is -0.605. The van der Waals surface area contributed by atoms with Gasteiger partial charge in [0.05, 0.1) is 27.9 Å². The fourth-order valence-corrected chi connectivity index (χ4v) is 8.07. The molecule has 0 bridgehead atoms. The predicted octanol–water partition coefficient (Wildman–Crippen LogP) is 5.50. The van der Waals surface area contributed by atoms with Gasteiger partial charge >= 0.3 is 11.0 Å². The summed E-state index contributed by atoms with van der Waals surface area (Å²) in [5.74, 6) is -4.05. The highest BCUT2D eigenvalue weighted by Crippen LogP contribution is 2.53. The molecule has 2 aliphatic heterocycles. The second-order valence-corrected chi connectivity index (χ2v) is 11.8. The van der Waals surface area contributed by atoms with Crippen LogP contribution in [0.2, 0.25) is 0 Å². The minimum absolute atomic E-state index is 0.205. The number of aromatic nitrogens is 1. The molecule has 1 saturated heterocycles. The molecular formula is C29H19F4N3O4S2. The van der Waals surface area contributed by atoms with Gasteiger partial charge in [0.1, 0.15) is 17.6 Å². The summed E-state index contributed by atoms with van der Waals surface area (Å²) in [5, 5.41) is 1.57. The summed E-state index contributed by atoms with van der Waals surface area (Å²) in [5.41, 5.74) is -0.603. The summed E-state index contributed by atoms with van der Waals surface area (Å²) >= 11 is 1.79. The average Bonchev–Trinajstić information content (AvgIpc) is 3.40. The average molecular weight is 614 g/mol. The van der Waals surface area contributed by atoms with E-state index in [-0.39, 0.29) is 5.69 Å². The van der Waals surface area contributed by atoms with Gasteiger partial charge < -0.3 is 5.32 Å². The number of alkyl halides is 3. The molecule has 4 aromatic rings. The van der Waals surface area contributed by atoms with Gasteiger partial charge in [0.15, 0.2) is 0 Å². The predicted molar refractivity (Wildman–Crippen MR) is 149 cm³/mol. The van der Waals surface area contributed by atoms with E-state index in [9.17, 15) is 36.7 Å². The fourth-order valence-electron chi connectivity index (χ4n) is 5.29. The van der Waals surface area contributed by atoms with Crippen molar-refractivity contribution < 1.29 is 31.9 Å². The van der Waals surface area contributed by atoms with Crippen LogP contribution in [0.1, 0.15) is 21.9 Å². The van der Waals surface area contributed by atoms with E-state index in [1.165, 1.54) is 24.3 Å². The molecule has 3 heterocycles. The van der Waals surface area contributed by atoms with E-state index in [0.29, 0.717) is 15.5 Å². The number of thioether (sulfide) groups is 1. The van der Waals surface area contributed by atoms with Crippen LogP contribution in [0.15, 0.2) is 88.7 Å². The van der Waals surface area contributed by atoms with Crippen molar-refractivity contribution in [1.29, 1.82) is 0 Å². The topological polar surface area (TPSA) is 88.5 Å². The first-order valence-corrected chi connectivity index (χ1v) is 14.3. The van der Waals surface area contributed by atoms with E-state index in [1.807, 2.05) is 0 Å². The number of anilines is 2. The molecule has 2 aliphatic rings. The molecule has 3 aromatic carbocycles. The van der Waals surface area contributed by atoms with Crippen molar-refractivity contribution in [3.05, 3.63) is 110 Å². The van der Waals surface area contributed by atoms with Crippen LogP contribution in [-0.2, 0) is 27.1 Å². The SMILES string of the molecule is O=C(Cn1c2c(sc1=O)[C@@H](c1ccccc1)[C@@H]1C(=O)N(c3ccc(F)cc3)C(=O)[C@@H]1S2)Nc1ccccc1C(F)(F)F. The minimum Gasteiger partial charge on any atom is -0.324 e. The van der Waals surface area contributed by atoms with Crippen LogP contribution in [0.4, 0.5) is 28.9 Å². The normalized spacial score (nSPS) is 19.9. The van der Waals surface area contributed by atoms with Crippen LogP contribution in [0, 0.1) is 11.7 Å². The number of amides is 3. The van der Waals surface area contributed by atoms with Gasteiger partial charge in [-0.15, -0.1) is 0 Å². The Balaban J connectivity index is 1.38. The molecule has 1 aromatic heterocycles. The lowest BCUT2D eigenvalue weighted by molar-refractivity contribution is -0.137. The van der Waals surface area contributed by atoms with Crippen LogP contribution >= 0.6 is 23.1 Å². The number of benzene rings is 3. The van der Waals surface area contributed by atoms with Crippen molar-refractivity contribution in [2.45, 2.75) is 28.9 Å². The van der Waals surface area contributed by atoms with Gasteiger partial charge in [-0.25, -0.2) is 9.29 Å². The molecular weight excluding hydrogens is 594 g/mol. The van der Waals surface area contributed by atoms with Crippen molar-refractivity contribution in [3.63, 3.8) is 0 Å².